The lowest BCUT2D eigenvalue weighted by molar-refractivity contribution is -0.113. The first-order valence-electron chi connectivity index (χ1n) is 9.79. The Balaban J connectivity index is 1.45. The molecule has 0 aliphatic heterocycles. The van der Waals surface area contributed by atoms with Crippen molar-refractivity contribution < 1.29 is 9.53 Å². The first-order valence-corrected chi connectivity index (χ1v) is 11.5. The lowest BCUT2D eigenvalue weighted by Gasteiger charge is -2.09. The minimum Gasteiger partial charge on any atom is -0.492 e. The fourth-order valence-electron chi connectivity index (χ4n) is 2.96. The second-order valence-electron chi connectivity index (χ2n) is 7.14. The van der Waals surface area contributed by atoms with Crippen molar-refractivity contribution >= 4 is 46.6 Å². The van der Waals surface area contributed by atoms with Gasteiger partial charge < -0.3 is 14.6 Å². The van der Waals surface area contributed by atoms with Crippen molar-refractivity contribution in [3.63, 3.8) is 0 Å². The number of hydrogen-bond donors (Lipinski definition) is 1. The number of benzene rings is 2. The molecule has 1 heterocycles. The molecule has 0 aliphatic rings. The van der Waals surface area contributed by atoms with Gasteiger partial charge in [-0.2, -0.15) is 0 Å². The van der Waals surface area contributed by atoms with Crippen LogP contribution in [0.2, 0.25) is 10.0 Å². The number of carbonyl (C=O) groups excluding carboxylic acids is 1. The molecule has 0 bridgehead atoms. The largest absolute Gasteiger partial charge is 0.492 e. The highest BCUT2D eigenvalue weighted by molar-refractivity contribution is 7.99. The van der Waals surface area contributed by atoms with Crippen molar-refractivity contribution in [2.24, 2.45) is 7.05 Å². The van der Waals surface area contributed by atoms with Crippen LogP contribution in [0.15, 0.2) is 41.6 Å². The van der Waals surface area contributed by atoms with E-state index in [1.165, 1.54) is 11.8 Å². The lowest BCUT2D eigenvalue weighted by atomic mass is 10.1. The number of aryl methyl sites for hydroxylation is 3. The van der Waals surface area contributed by atoms with Crippen LogP contribution in [0, 0.1) is 13.8 Å². The summed E-state index contributed by atoms with van der Waals surface area (Å²) < 4.78 is 7.61. The molecule has 164 valence electrons. The number of ether oxygens (including phenoxy) is 1. The molecule has 0 fully saturated rings. The van der Waals surface area contributed by atoms with Crippen LogP contribution >= 0.6 is 35.0 Å². The number of halogens is 2. The maximum atomic E-state index is 12.3. The Morgan fingerprint density at radius 2 is 1.97 bits per heavy atom. The van der Waals surface area contributed by atoms with Gasteiger partial charge in [0, 0.05) is 24.2 Å². The van der Waals surface area contributed by atoms with Crippen molar-refractivity contribution in [2.75, 3.05) is 17.7 Å². The molecule has 0 saturated carbocycles. The maximum absolute atomic E-state index is 12.3. The summed E-state index contributed by atoms with van der Waals surface area (Å²) in [4.78, 5) is 12.3. The summed E-state index contributed by atoms with van der Waals surface area (Å²) in [5.74, 6) is 1.63. The first-order chi connectivity index (χ1) is 14.8. The van der Waals surface area contributed by atoms with E-state index in [-0.39, 0.29) is 11.7 Å². The van der Waals surface area contributed by atoms with Gasteiger partial charge in [0.2, 0.25) is 5.91 Å². The van der Waals surface area contributed by atoms with Gasteiger partial charge in [0.15, 0.2) is 5.16 Å². The summed E-state index contributed by atoms with van der Waals surface area (Å²) in [6.07, 6.45) is 1.45. The van der Waals surface area contributed by atoms with Crippen molar-refractivity contribution in [1.82, 2.24) is 14.8 Å². The molecule has 3 aromatic rings. The number of carbonyl (C=O) groups is 1. The number of aromatic nitrogens is 3. The Morgan fingerprint density at radius 1 is 1.16 bits per heavy atom. The minimum atomic E-state index is -0.0743. The van der Waals surface area contributed by atoms with Crippen LogP contribution < -0.4 is 10.1 Å². The zero-order valence-corrected chi connectivity index (χ0v) is 19.9. The minimum absolute atomic E-state index is 0.0743. The van der Waals surface area contributed by atoms with E-state index in [1.807, 2.05) is 43.7 Å². The standard InChI is InChI=1S/C22H24Cl2N4O2S/c1-14-6-8-18(15(2)11-14)25-21(29)13-31-22-27-26-20(28(22)3)5-4-10-30-19-9-7-16(23)12-17(19)24/h6-9,11-12H,4-5,10,13H2,1-3H3,(H,25,29). The van der Waals surface area contributed by atoms with Gasteiger partial charge in [0.1, 0.15) is 11.6 Å². The Labute approximate surface area is 196 Å². The van der Waals surface area contributed by atoms with E-state index in [0.29, 0.717) is 34.0 Å². The smallest absolute Gasteiger partial charge is 0.234 e. The van der Waals surface area contributed by atoms with E-state index >= 15 is 0 Å². The number of hydrogen-bond acceptors (Lipinski definition) is 5. The molecule has 2 aromatic carbocycles. The molecule has 1 N–H and O–H groups in total. The number of thioether (sulfide) groups is 1. The fourth-order valence-corrected chi connectivity index (χ4v) is 4.16. The zero-order chi connectivity index (χ0) is 22.4. The Kier molecular flexibility index (Phi) is 8.23. The average molecular weight is 479 g/mol. The summed E-state index contributed by atoms with van der Waals surface area (Å²) >= 11 is 13.4. The molecule has 0 radical (unpaired) electrons. The topological polar surface area (TPSA) is 69.0 Å². The van der Waals surface area contributed by atoms with Crippen LogP contribution in [0.25, 0.3) is 0 Å². The maximum Gasteiger partial charge on any atom is 0.234 e. The average Bonchev–Trinajstić information content (AvgIpc) is 3.07. The van der Waals surface area contributed by atoms with Crippen LogP contribution in [-0.4, -0.2) is 33.0 Å². The van der Waals surface area contributed by atoms with Gasteiger partial charge in [0.05, 0.1) is 17.4 Å². The molecule has 31 heavy (non-hydrogen) atoms. The van der Waals surface area contributed by atoms with Crippen LogP contribution in [0.4, 0.5) is 5.69 Å². The number of nitrogens with one attached hydrogen (secondary N) is 1. The predicted molar refractivity (Wildman–Crippen MR) is 127 cm³/mol. The van der Waals surface area contributed by atoms with Crippen LogP contribution in [0.3, 0.4) is 0 Å². The molecule has 1 aromatic heterocycles. The van der Waals surface area contributed by atoms with Gasteiger partial charge in [-0.15, -0.1) is 10.2 Å². The Morgan fingerprint density at radius 3 is 2.71 bits per heavy atom. The normalized spacial score (nSPS) is 10.9. The van der Waals surface area contributed by atoms with Crippen molar-refractivity contribution in [1.29, 1.82) is 0 Å². The van der Waals surface area contributed by atoms with Crippen LogP contribution in [0.5, 0.6) is 5.75 Å². The monoisotopic (exact) mass is 478 g/mol. The lowest BCUT2D eigenvalue weighted by Crippen LogP contribution is -2.15. The molecule has 9 heteroatoms. The molecular weight excluding hydrogens is 455 g/mol. The number of rotatable bonds is 9. The second-order valence-corrected chi connectivity index (χ2v) is 8.93. The molecule has 0 spiro atoms. The molecule has 0 saturated heterocycles. The van der Waals surface area contributed by atoms with Gasteiger partial charge in [0.25, 0.3) is 0 Å². The van der Waals surface area contributed by atoms with E-state index in [2.05, 4.69) is 15.5 Å². The summed E-state index contributed by atoms with van der Waals surface area (Å²) in [6, 6.07) is 11.1. The molecule has 3 rings (SSSR count). The van der Waals surface area contributed by atoms with E-state index in [0.717, 1.165) is 29.1 Å². The molecule has 1 amide bonds. The van der Waals surface area contributed by atoms with E-state index in [1.54, 1.807) is 18.2 Å². The second kappa shape index (κ2) is 10.9. The third-order valence-corrected chi connectivity index (χ3v) is 6.16. The van der Waals surface area contributed by atoms with Gasteiger partial charge in [-0.3, -0.25) is 4.79 Å². The first kappa shape index (κ1) is 23.4. The summed E-state index contributed by atoms with van der Waals surface area (Å²) in [6.45, 7) is 4.50. The van der Waals surface area contributed by atoms with E-state index < -0.39 is 0 Å². The third-order valence-electron chi connectivity index (χ3n) is 4.61. The van der Waals surface area contributed by atoms with Crippen LogP contribution in [0.1, 0.15) is 23.4 Å². The van der Waals surface area contributed by atoms with Gasteiger partial charge in [-0.25, -0.2) is 0 Å². The SMILES string of the molecule is Cc1ccc(NC(=O)CSc2nnc(CCCOc3ccc(Cl)cc3Cl)n2C)c(C)c1. The predicted octanol–water partition coefficient (Wildman–Crippen LogP) is 5.48. The van der Waals surface area contributed by atoms with Gasteiger partial charge >= 0.3 is 0 Å². The Bertz CT molecular complexity index is 1070. The molecule has 6 nitrogen and oxygen atoms in total. The Hall–Kier alpha value is -2.22. The van der Waals surface area contributed by atoms with Crippen molar-refractivity contribution in [3.8, 4) is 5.75 Å². The van der Waals surface area contributed by atoms with E-state index in [9.17, 15) is 4.79 Å². The van der Waals surface area contributed by atoms with Crippen LogP contribution in [-0.2, 0) is 18.3 Å². The quantitative estimate of drug-likeness (QED) is 0.325. The number of amides is 1. The van der Waals surface area contributed by atoms with E-state index in [4.69, 9.17) is 27.9 Å². The molecular formula is C22H24Cl2N4O2S. The third kappa shape index (κ3) is 6.63. The summed E-state index contributed by atoms with van der Waals surface area (Å²) in [7, 11) is 1.90. The van der Waals surface area contributed by atoms with Crippen molar-refractivity contribution in [3.05, 3.63) is 63.4 Å². The van der Waals surface area contributed by atoms with Gasteiger partial charge in [-0.1, -0.05) is 52.7 Å². The number of anilines is 1. The molecule has 0 atom stereocenters. The zero-order valence-electron chi connectivity index (χ0n) is 17.6. The summed E-state index contributed by atoms with van der Waals surface area (Å²) in [5.41, 5.74) is 3.04. The highest BCUT2D eigenvalue weighted by Crippen LogP contribution is 2.27. The van der Waals surface area contributed by atoms with Gasteiger partial charge in [-0.05, 0) is 50.1 Å². The highest BCUT2D eigenvalue weighted by Gasteiger charge is 2.12. The number of nitrogens with zero attached hydrogens (tertiary/aromatic N) is 3. The summed E-state index contributed by atoms with van der Waals surface area (Å²) in [5, 5.41) is 13.2. The fraction of sp³-hybridized carbons (Fsp3) is 0.318. The van der Waals surface area contributed by atoms with Crippen molar-refractivity contribution in [2.45, 2.75) is 31.8 Å². The molecule has 0 aliphatic carbocycles. The highest BCUT2D eigenvalue weighted by atomic mass is 35.5. The molecule has 0 unspecified atom stereocenters.